The highest BCUT2D eigenvalue weighted by Gasteiger charge is 2.41. The van der Waals surface area contributed by atoms with E-state index in [1.807, 2.05) is 30.3 Å². The van der Waals surface area contributed by atoms with E-state index in [-0.39, 0.29) is 15.1 Å². The quantitative estimate of drug-likeness (QED) is 0.373. The maximum atomic E-state index is 13.4. The first-order valence-electron chi connectivity index (χ1n) is 10.9. The molecule has 6 nitrogen and oxygen atoms in total. The number of sulfonamides is 1. The summed E-state index contributed by atoms with van der Waals surface area (Å²) in [5.74, 6) is -0.519. The van der Waals surface area contributed by atoms with Gasteiger partial charge >= 0.3 is 6.36 Å². The molecule has 2 aromatic carbocycles. The standard InChI is InChI=1S/C24H22Cl2F3N3O3S/c25-21-15-30-22(26)14-20(21)23(10-12-32(13-11-23)16-17-4-2-1-3-5-17)31-36(33,34)19-8-6-18(7-9-19)35-24(27,28)29/h1-9,14-15,31H,10-13,16H2. The molecular weight excluding hydrogens is 538 g/mol. The van der Waals surface area contributed by atoms with Gasteiger partial charge in [-0.05, 0) is 54.3 Å². The van der Waals surface area contributed by atoms with Gasteiger partial charge in [0.1, 0.15) is 10.9 Å². The van der Waals surface area contributed by atoms with E-state index >= 15 is 0 Å². The molecule has 0 bridgehead atoms. The van der Waals surface area contributed by atoms with Crippen molar-refractivity contribution in [2.75, 3.05) is 13.1 Å². The molecule has 1 fully saturated rings. The summed E-state index contributed by atoms with van der Waals surface area (Å²) in [7, 11) is -4.16. The highest BCUT2D eigenvalue weighted by Crippen LogP contribution is 2.39. The van der Waals surface area contributed by atoms with Crippen LogP contribution in [0.25, 0.3) is 0 Å². The lowest BCUT2D eigenvalue weighted by atomic mass is 9.82. The number of rotatable bonds is 7. The van der Waals surface area contributed by atoms with E-state index in [1.165, 1.54) is 6.20 Å². The Bertz CT molecular complexity index is 1300. The van der Waals surface area contributed by atoms with Gasteiger partial charge in [0.2, 0.25) is 10.0 Å². The fraction of sp³-hybridized carbons (Fsp3) is 0.292. The maximum Gasteiger partial charge on any atom is 0.573 e. The number of benzene rings is 2. The Kier molecular flexibility index (Phi) is 7.82. The molecule has 0 radical (unpaired) electrons. The van der Waals surface area contributed by atoms with Crippen molar-refractivity contribution < 1.29 is 26.3 Å². The summed E-state index contributed by atoms with van der Waals surface area (Å²) in [6.45, 7) is 1.83. The summed E-state index contributed by atoms with van der Waals surface area (Å²) in [5.41, 5.74) is 0.525. The average Bonchev–Trinajstić information content (AvgIpc) is 2.82. The number of ether oxygens (including phenoxy) is 1. The molecule has 12 heteroatoms. The van der Waals surface area contributed by atoms with Crippen LogP contribution in [-0.4, -0.2) is 37.8 Å². The van der Waals surface area contributed by atoms with Crippen molar-refractivity contribution in [2.24, 2.45) is 0 Å². The van der Waals surface area contributed by atoms with Crippen molar-refractivity contribution in [2.45, 2.75) is 36.2 Å². The van der Waals surface area contributed by atoms with Gasteiger partial charge in [0.25, 0.3) is 0 Å². The summed E-state index contributed by atoms with van der Waals surface area (Å²) in [5, 5.41) is 0.417. The molecular formula is C24H22Cl2F3N3O3S. The van der Waals surface area contributed by atoms with E-state index in [0.29, 0.717) is 38.0 Å². The average molecular weight is 560 g/mol. The number of piperidine rings is 1. The van der Waals surface area contributed by atoms with Crippen LogP contribution in [0.2, 0.25) is 10.2 Å². The summed E-state index contributed by atoms with van der Waals surface area (Å²) in [4.78, 5) is 5.97. The van der Waals surface area contributed by atoms with Crippen LogP contribution in [0.3, 0.4) is 0 Å². The molecule has 0 atom stereocenters. The molecule has 1 saturated heterocycles. The van der Waals surface area contributed by atoms with Gasteiger partial charge in [-0.3, -0.25) is 4.90 Å². The highest BCUT2D eigenvalue weighted by molar-refractivity contribution is 7.89. The summed E-state index contributed by atoms with van der Waals surface area (Å²) in [6, 6.07) is 15.5. The first kappa shape index (κ1) is 26.7. The number of pyridine rings is 1. The fourth-order valence-corrected chi connectivity index (χ4v) is 6.16. The van der Waals surface area contributed by atoms with Crippen LogP contribution >= 0.6 is 23.2 Å². The van der Waals surface area contributed by atoms with Gasteiger partial charge in [-0.2, -0.15) is 0 Å². The molecule has 4 rings (SSSR count). The minimum absolute atomic E-state index is 0.161. The summed E-state index contributed by atoms with van der Waals surface area (Å²) >= 11 is 12.6. The van der Waals surface area contributed by atoms with Crippen molar-refractivity contribution in [3.05, 3.63) is 88.2 Å². The Hall–Kier alpha value is -2.37. The number of likely N-dealkylation sites (tertiary alicyclic amines) is 1. The van der Waals surface area contributed by atoms with Crippen molar-refractivity contribution >= 4 is 33.2 Å². The predicted molar refractivity (Wildman–Crippen MR) is 130 cm³/mol. The minimum Gasteiger partial charge on any atom is -0.406 e. The lowest BCUT2D eigenvalue weighted by Crippen LogP contribution is -2.53. The van der Waals surface area contributed by atoms with Gasteiger partial charge < -0.3 is 4.74 Å². The Balaban J connectivity index is 1.61. The molecule has 1 aliphatic heterocycles. The number of aromatic nitrogens is 1. The minimum atomic E-state index is -4.88. The molecule has 192 valence electrons. The second-order valence-electron chi connectivity index (χ2n) is 8.46. The second kappa shape index (κ2) is 10.5. The Morgan fingerprint density at radius 3 is 2.28 bits per heavy atom. The molecule has 0 spiro atoms. The number of alkyl halides is 3. The molecule has 0 unspecified atom stereocenters. The molecule has 1 aliphatic rings. The maximum absolute atomic E-state index is 13.4. The number of hydrogen-bond donors (Lipinski definition) is 1. The first-order chi connectivity index (χ1) is 17.0. The third kappa shape index (κ3) is 6.49. The number of nitrogens with one attached hydrogen (secondary N) is 1. The molecule has 0 saturated carbocycles. The van der Waals surface area contributed by atoms with Crippen LogP contribution in [0.1, 0.15) is 24.0 Å². The third-order valence-corrected chi connectivity index (χ3v) is 8.05. The molecule has 1 N–H and O–H groups in total. The van der Waals surface area contributed by atoms with E-state index < -0.39 is 27.7 Å². The molecule has 1 aromatic heterocycles. The van der Waals surface area contributed by atoms with Crippen molar-refractivity contribution in [1.29, 1.82) is 0 Å². The van der Waals surface area contributed by atoms with Gasteiger partial charge in [0.05, 0.1) is 15.5 Å². The monoisotopic (exact) mass is 559 g/mol. The molecule has 0 amide bonds. The third-order valence-electron chi connectivity index (χ3n) is 5.99. The number of hydrogen-bond acceptors (Lipinski definition) is 5. The van der Waals surface area contributed by atoms with Gasteiger partial charge in [-0.1, -0.05) is 53.5 Å². The van der Waals surface area contributed by atoms with Crippen LogP contribution < -0.4 is 9.46 Å². The second-order valence-corrected chi connectivity index (χ2v) is 10.9. The smallest absolute Gasteiger partial charge is 0.406 e. The Labute approximate surface area is 217 Å². The number of nitrogens with zero attached hydrogens (tertiary/aromatic N) is 2. The zero-order valence-corrected chi connectivity index (χ0v) is 21.1. The Morgan fingerprint density at radius 2 is 1.67 bits per heavy atom. The number of halogens is 5. The lowest BCUT2D eigenvalue weighted by Gasteiger charge is -2.43. The van der Waals surface area contributed by atoms with E-state index in [0.717, 1.165) is 29.8 Å². The van der Waals surface area contributed by atoms with Gasteiger partial charge in [0.15, 0.2) is 0 Å². The van der Waals surface area contributed by atoms with E-state index in [9.17, 15) is 21.6 Å². The fourth-order valence-electron chi connectivity index (χ4n) is 4.28. The molecule has 36 heavy (non-hydrogen) atoms. The van der Waals surface area contributed by atoms with E-state index in [2.05, 4.69) is 19.3 Å². The van der Waals surface area contributed by atoms with Crippen molar-refractivity contribution in [3.63, 3.8) is 0 Å². The van der Waals surface area contributed by atoms with Gasteiger partial charge in [0, 0.05) is 25.8 Å². The first-order valence-corrected chi connectivity index (χ1v) is 13.2. The van der Waals surface area contributed by atoms with E-state index in [4.69, 9.17) is 23.2 Å². The van der Waals surface area contributed by atoms with Crippen molar-refractivity contribution in [1.82, 2.24) is 14.6 Å². The summed E-state index contributed by atoms with van der Waals surface area (Å²) < 4.78 is 70.8. The largest absolute Gasteiger partial charge is 0.573 e. The predicted octanol–water partition coefficient (Wildman–Crippen LogP) is 5.76. The lowest BCUT2D eigenvalue weighted by molar-refractivity contribution is -0.274. The summed E-state index contributed by atoms with van der Waals surface area (Å²) in [6.07, 6.45) is -2.74. The van der Waals surface area contributed by atoms with Crippen molar-refractivity contribution in [3.8, 4) is 5.75 Å². The van der Waals surface area contributed by atoms with E-state index in [1.54, 1.807) is 6.07 Å². The van der Waals surface area contributed by atoms with Crippen LogP contribution in [-0.2, 0) is 22.1 Å². The molecule has 0 aliphatic carbocycles. The normalized spacial score (nSPS) is 16.6. The topological polar surface area (TPSA) is 71.5 Å². The molecule has 2 heterocycles. The van der Waals surface area contributed by atoms with Crippen LogP contribution in [0, 0.1) is 0 Å². The Morgan fingerprint density at radius 1 is 1.03 bits per heavy atom. The van der Waals surface area contributed by atoms with Crippen LogP contribution in [0.5, 0.6) is 5.75 Å². The zero-order valence-electron chi connectivity index (χ0n) is 18.8. The van der Waals surface area contributed by atoms with Gasteiger partial charge in [-0.25, -0.2) is 18.1 Å². The van der Waals surface area contributed by atoms with Crippen LogP contribution in [0.4, 0.5) is 13.2 Å². The zero-order chi connectivity index (χ0) is 26.0. The highest BCUT2D eigenvalue weighted by atomic mass is 35.5. The van der Waals surface area contributed by atoms with Gasteiger partial charge in [-0.15, -0.1) is 13.2 Å². The molecule has 3 aromatic rings. The SMILES string of the molecule is O=S(=O)(NC1(c2cc(Cl)ncc2Cl)CCN(Cc2ccccc2)CC1)c1ccc(OC(F)(F)F)cc1. The van der Waals surface area contributed by atoms with Crippen LogP contribution in [0.15, 0.2) is 71.8 Å².